The van der Waals surface area contributed by atoms with Gasteiger partial charge in [-0.2, -0.15) is 11.8 Å². The first-order chi connectivity index (χ1) is 17.5. The second-order valence-electron chi connectivity index (χ2n) is 9.93. The van der Waals surface area contributed by atoms with Crippen LogP contribution in [0.2, 0.25) is 0 Å². The largest absolute Gasteiger partial charge is 0.352 e. The number of carbonyl (C=O) groups is 4. The lowest BCUT2D eigenvalue weighted by molar-refractivity contribution is -0.131. The highest BCUT2D eigenvalue weighted by Gasteiger charge is 2.29. The fourth-order valence-corrected chi connectivity index (χ4v) is 4.68. The lowest BCUT2D eigenvalue weighted by Crippen LogP contribution is -2.56. The number of carbonyl (C=O) groups excluding carboxylic acids is 4. The Hall–Kier alpha value is -3.07. The van der Waals surface area contributed by atoms with Crippen molar-refractivity contribution in [2.45, 2.75) is 65.1 Å². The summed E-state index contributed by atoms with van der Waals surface area (Å²) >= 11 is 1.44. The van der Waals surface area contributed by atoms with Crippen molar-refractivity contribution in [2.24, 2.45) is 5.92 Å². The molecule has 0 fully saturated rings. The highest BCUT2D eigenvalue weighted by atomic mass is 32.2. The second kappa shape index (κ2) is 14.6. The zero-order valence-electron chi connectivity index (χ0n) is 22.4. The highest BCUT2D eigenvalue weighted by Crippen LogP contribution is 2.18. The van der Waals surface area contributed by atoms with Crippen LogP contribution in [0.4, 0.5) is 0 Å². The Morgan fingerprint density at radius 3 is 2.43 bits per heavy atom. The van der Waals surface area contributed by atoms with Gasteiger partial charge in [0.2, 0.25) is 23.6 Å². The number of nitrogens with one attached hydrogen (secondary N) is 4. The molecule has 1 aliphatic heterocycles. The first-order valence-electron chi connectivity index (χ1n) is 12.7. The van der Waals surface area contributed by atoms with E-state index < -0.39 is 30.0 Å². The first kappa shape index (κ1) is 30.2. The van der Waals surface area contributed by atoms with E-state index in [1.807, 2.05) is 24.3 Å². The van der Waals surface area contributed by atoms with Gasteiger partial charge < -0.3 is 21.3 Å². The van der Waals surface area contributed by atoms with Crippen molar-refractivity contribution >= 4 is 35.4 Å². The average molecular weight is 529 g/mol. The molecule has 0 aromatic heterocycles. The Morgan fingerprint density at radius 2 is 1.81 bits per heavy atom. The van der Waals surface area contributed by atoms with E-state index in [0.717, 1.165) is 12.0 Å². The number of hydrogen-bond donors (Lipinski definition) is 4. The molecule has 1 heterocycles. The summed E-state index contributed by atoms with van der Waals surface area (Å²) in [6.45, 7) is 13.9. The smallest absolute Gasteiger partial charge is 0.247 e. The molecular formula is C28H40N4O4S. The van der Waals surface area contributed by atoms with Gasteiger partial charge in [0.1, 0.15) is 12.1 Å². The van der Waals surface area contributed by atoms with Crippen molar-refractivity contribution in [3.63, 3.8) is 0 Å². The molecule has 9 heteroatoms. The lowest BCUT2D eigenvalue weighted by Gasteiger charge is -2.25. The van der Waals surface area contributed by atoms with E-state index in [1.54, 1.807) is 26.8 Å². The van der Waals surface area contributed by atoms with Crippen LogP contribution in [0.1, 0.15) is 51.7 Å². The van der Waals surface area contributed by atoms with Gasteiger partial charge >= 0.3 is 0 Å². The first-order valence-corrected chi connectivity index (χ1v) is 13.8. The van der Waals surface area contributed by atoms with Crippen LogP contribution in [0.25, 0.3) is 0 Å². The molecule has 0 bridgehead atoms. The van der Waals surface area contributed by atoms with Crippen molar-refractivity contribution in [3.05, 3.63) is 59.7 Å². The second-order valence-corrected chi connectivity index (χ2v) is 11.1. The minimum atomic E-state index is -0.981. The molecule has 4 atom stereocenters. The predicted molar refractivity (Wildman–Crippen MR) is 149 cm³/mol. The van der Waals surface area contributed by atoms with Crippen molar-refractivity contribution in [2.75, 3.05) is 18.1 Å². The molecule has 1 aromatic rings. The van der Waals surface area contributed by atoms with Gasteiger partial charge in [-0.3, -0.25) is 19.2 Å². The molecule has 0 saturated heterocycles. The summed E-state index contributed by atoms with van der Waals surface area (Å²) in [6, 6.07) is 5.77. The van der Waals surface area contributed by atoms with Crippen molar-refractivity contribution in [3.8, 4) is 0 Å². The van der Waals surface area contributed by atoms with E-state index in [4.69, 9.17) is 0 Å². The minimum Gasteiger partial charge on any atom is -0.352 e. The summed E-state index contributed by atoms with van der Waals surface area (Å²) in [6.07, 6.45) is 3.94. The molecule has 8 nitrogen and oxygen atoms in total. The maximum atomic E-state index is 13.2. The highest BCUT2D eigenvalue weighted by molar-refractivity contribution is 7.99. The average Bonchev–Trinajstić information content (AvgIpc) is 2.83. The lowest BCUT2D eigenvalue weighted by atomic mass is 9.95. The Bertz CT molecular complexity index is 1010. The molecule has 37 heavy (non-hydrogen) atoms. The minimum absolute atomic E-state index is 0.215. The molecule has 202 valence electrons. The van der Waals surface area contributed by atoms with Crippen LogP contribution in [0, 0.1) is 5.92 Å². The summed E-state index contributed by atoms with van der Waals surface area (Å²) in [5.41, 5.74) is 2.53. The number of amides is 4. The quantitative estimate of drug-likeness (QED) is 0.387. The third-order valence-electron chi connectivity index (χ3n) is 5.93. The standard InChI is InChI=1S/C28H40N4O4S/c1-17(2)15-21-8-10-22(11-9-21)20(6)26(34)32-25(18(3)4)28(36)31-23-16-37-14-13-29-24(33)12-7-19(5)30-27(23)35/h7-12,17,19-20,23,25H,3,13-16H2,1-2,4-6H3,(H,29,33)(H,30,35)(H,31,36)(H,32,34)/b12-7+/t19-,20-,23-,25-/m0/s1. The topological polar surface area (TPSA) is 116 Å². The normalized spacial score (nSPS) is 21.4. The maximum Gasteiger partial charge on any atom is 0.247 e. The third-order valence-corrected chi connectivity index (χ3v) is 6.99. The van der Waals surface area contributed by atoms with Crippen LogP contribution >= 0.6 is 11.8 Å². The van der Waals surface area contributed by atoms with Crippen LogP contribution < -0.4 is 21.3 Å². The van der Waals surface area contributed by atoms with Crippen LogP contribution in [0.15, 0.2) is 48.6 Å². The Morgan fingerprint density at radius 1 is 1.14 bits per heavy atom. The van der Waals surface area contributed by atoms with Crippen LogP contribution in [0.3, 0.4) is 0 Å². The summed E-state index contributed by atoms with van der Waals surface area (Å²) in [5.74, 6) is -0.387. The van der Waals surface area contributed by atoms with Crippen LogP contribution in [-0.4, -0.2) is 59.8 Å². The Labute approximate surface area is 224 Å². The molecule has 0 spiro atoms. The molecular weight excluding hydrogens is 488 g/mol. The number of thioether (sulfide) groups is 1. The van der Waals surface area contributed by atoms with E-state index in [-0.39, 0.29) is 17.7 Å². The fourth-order valence-electron chi connectivity index (χ4n) is 3.79. The van der Waals surface area contributed by atoms with Gasteiger partial charge in [-0.05, 0) is 49.8 Å². The Balaban J connectivity index is 2.08. The van der Waals surface area contributed by atoms with Crippen molar-refractivity contribution in [1.82, 2.24) is 21.3 Å². The summed E-state index contributed by atoms with van der Waals surface area (Å²) in [4.78, 5) is 50.9. The molecule has 1 aliphatic rings. The van der Waals surface area contributed by atoms with E-state index in [1.165, 1.54) is 23.4 Å². The maximum absolute atomic E-state index is 13.2. The Kier molecular flexibility index (Phi) is 11.9. The van der Waals surface area contributed by atoms with Gasteiger partial charge in [-0.15, -0.1) is 0 Å². The third kappa shape index (κ3) is 10.1. The van der Waals surface area contributed by atoms with Crippen LogP contribution in [0.5, 0.6) is 0 Å². The number of rotatable bonds is 8. The van der Waals surface area contributed by atoms with Gasteiger partial charge in [0.15, 0.2) is 0 Å². The SMILES string of the molecule is C=C(C)[C@H](NC(=O)[C@@H](C)c1ccc(CC(C)C)cc1)C(=O)N[C@H]1CSCCNC(=O)/C=C/[C@H](C)NC1=O. The summed E-state index contributed by atoms with van der Waals surface area (Å²) < 4.78 is 0. The zero-order chi connectivity index (χ0) is 27.5. The molecule has 0 aliphatic carbocycles. The molecule has 0 unspecified atom stereocenters. The zero-order valence-corrected chi connectivity index (χ0v) is 23.2. The predicted octanol–water partition coefficient (Wildman–Crippen LogP) is 2.46. The number of hydrogen-bond acceptors (Lipinski definition) is 5. The van der Waals surface area contributed by atoms with Gasteiger partial charge in [-0.25, -0.2) is 0 Å². The molecule has 1 aromatic carbocycles. The summed E-state index contributed by atoms with van der Waals surface area (Å²) in [5, 5.41) is 11.1. The van der Waals surface area contributed by atoms with Gasteiger partial charge in [0.05, 0.1) is 5.92 Å². The molecule has 2 rings (SSSR count). The fraction of sp³-hybridized carbons (Fsp3) is 0.500. The van der Waals surface area contributed by atoms with Gasteiger partial charge in [0, 0.05) is 30.2 Å². The van der Waals surface area contributed by atoms with E-state index >= 15 is 0 Å². The van der Waals surface area contributed by atoms with Gasteiger partial charge in [0.25, 0.3) is 0 Å². The molecule has 4 amide bonds. The monoisotopic (exact) mass is 528 g/mol. The van der Waals surface area contributed by atoms with Gasteiger partial charge in [-0.1, -0.05) is 50.8 Å². The summed E-state index contributed by atoms with van der Waals surface area (Å²) in [7, 11) is 0. The number of benzene rings is 1. The molecule has 0 radical (unpaired) electrons. The van der Waals surface area contributed by atoms with Crippen LogP contribution in [-0.2, 0) is 25.6 Å². The van der Waals surface area contributed by atoms with E-state index in [0.29, 0.717) is 29.5 Å². The van der Waals surface area contributed by atoms with Crippen molar-refractivity contribution < 1.29 is 19.2 Å². The molecule has 4 N–H and O–H groups in total. The molecule has 0 saturated carbocycles. The van der Waals surface area contributed by atoms with E-state index in [2.05, 4.69) is 41.7 Å². The van der Waals surface area contributed by atoms with E-state index in [9.17, 15) is 19.2 Å². The van der Waals surface area contributed by atoms with Crippen molar-refractivity contribution in [1.29, 1.82) is 0 Å².